The van der Waals surface area contributed by atoms with Crippen molar-refractivity contribution in [3.63, 3.8) is 0 Å². The van der Waals surface area contributed by atoms with E-state index in [1.807, 2.05) is 108 Å². The zero-order valence-electron chi connectivity index (χ0n) is 46.5. The van der Waals surface area contributed by atoms with Crippen LogP contribution in [0.4, 0.5) is 32.8 Å². The molecule has 0 bridgehead atoms. The van der Waals surface area contributed by atoms with Gasteiger partial charge < -0.3 is 4.57 Å². The van der Waals surface area contributed by atoms with Crippen LogP contribution in [0.1, 0.15) is 50.5 Å². The van der Waals surface area contributed by atoms with Crippen LogP contribution in [-0.2, 0) is 25.0 Å². The molecule has 428 valence electrons. The normalized spacial score (nSPS) is 9.76. The molecule has 24 heteroatoms. The highest BCUT2D eigenvalue weighted by Gasteiger charge is 2.17. The summed E-state index contributed by atoms with van der Waals surface area (Å²) in [6, 6.07) is 54.0. The third-order valence-electron chi connectivity index (χ3n) is 11.6. The van der Waals surface area contributed by atoms with Gasteiger partial charge in [0, 0.05) is 11.9 Å². The molecule has 0 saturated carbocycles. The monoisotopic (exact) mass is 1220 g/mol. The zero-order chi connectivity index (χ0) is 62.4. The molecule has 0 aliphatic heterocycles. The Morgan fingerprint density at radius 3 is 1.15 bits per heavy atom. The van der Waals surface area contributed by atoms with E-state index in [4.69, 9.17) is 43.4 Å². The minimum Gasteiger partial charge on any atom is -0.316 e. The van der Waals surface area contributed by atoms with Crippen LogP contribution in [0, 0.1) is 61.3 Å². The Bertz CT molecular complexity index is 3900. The second-order valence-corrected chi connectivity index (χ2v) is 18.1. The second-order valence-electron chi connectivity index (χ2n) is 17.6. The number of hydrogen-bond acceptors (Lipinski definition) is 12. The van der Waals surface area contributed by atoms with Crippen LogP contribution in [0.5, 0.6) is 0 Å². The van der Waals surface area contributed by atoms with Crippen molar-refractivity contribution in [1.29, 1.82) is 10.5 Å². The number of aromatic amines is 1. The third-order valence-corrected chi connectivity index (χ3v) is 12.2. The summed E-state index contributed by atoms with van der Waals surface area (Å²) in [7, 11) is 0. The Morgan fingerprint density at radius 1 is 0.443 bits per heavy atom. The molecular weight excluding hydrogens is 1180 g/mol. The van der Waals surface area contributed by atoms with Crippen LogP contribution in [0.3, 0.4) is 0 Å². The molecule has 0 fully saturated rings. The Labute approximate surface area is 514 Å². The number of H-pyrrole nitrogens is 1. The minimum atomic E-state index is -0.311. The molecule has 0 amide bonds. The summed E-state index contributed by atoms with van der Waals surface area (Å²) in [6.45, 7) is 36.3. The number of benzene rings is 7. The van der Waals surface area contributed by atoms with Crippen LogP contribution >= 0.6 is 15.9 Å². The summed E-state index contributed by atoms with van der Waals surface area (Å²) in [5.41, 5.74) is 10.9. The van der Waals surface area contributed by atoms with Crippen molar-refractivity contribution in [1.82, 2.24) is 74.2 Å². The van der Waals surface area contributed by atoms with Gasteiger partial charge >= 0.3 is 0 Å². The molecule has 1 atom stereocenters. The first-order chi connectivity index (χ1) is 43.1. The standard InChI is InChI=1S/C17H11N5.3C10H8N4.C8H6BrN.C7H4FN.C2H3N3/c1-19-16-8-6-15(7-9-16)17(22-12-20-11-21-22)14-4-2-13(10-18)3-5-14;1-11-10-4-2-9(3-5-10)6-14-7-12-13-8-14;2*1-11-10-4-2-9(3-5-10)6-14-8-12-7-13-14;1-10-8-4-2-7(6-9)3-5-8;8-7-3-1-6(5-9)2-4-7;1-3-2-5-4-1/h2-9,11-12,17H;3*2-5,7-8H,6H2;2-5H,6H2;1-4H;1-2H,(H,3,4,5). The first-order valence-electron chi connectivity index (χ1n) is 25.8. The highest BCUT2D eigenvalue weighted by molar-refractivity contribution is 9.08. The molecule has 12 aromatic rings. The average molecular weight is 1220 g/mol. The van der Waals surface area contributed by atoms with Crippen molar-refractivity contribution in [2.24, 2.45) is 0 Å². The quantitative estimate of drug-likeness (QED) is 0.0995. The molecule has 0 aliphatic carbocycles. The molecule has 0 spiro atoms. The van der Waals surface area contributed by atoms with E-state index in [1.165, 1.54) is 61.5 Å². The maximum absolute atomic E-state index is 12.1. The fraction of sp³-hybridized carbons (Fsp3) is 0.0781. The molecule has 0 radical (unpaired) electrons. The summed E-state index contributed by atoms with van der Waals surface area (Å²) in [5.74, 6) is -0.311. The summed E-state index contributed by atoms with van der Waals surface area (Å²) >= 11 is 3.33. The summed E-state index contributed by atoms with van der Waals surface area (Å²) in [5, 5.41) is 43.7. The molecule has 5 aromatic heterocycles. The van der Waals surface area contributed by atoms with Crippen LogP contribution in [0.15, 0.2) is 233 Å². The minimum absolute atomic E-state index is 0.143. The van der Waals surface area contributed by atoms with Crippen molar-refractivity contribution in [2.75, 3.05) is 0 Å². The van der Waals surface area contributed by atoms with Gasteiger partial charge in [0.1, 0.15) is 75.1 Å². The van der Waals surface area contributed by atoms with E-state index < -0.39 is 0 Å². The van der Waals surface area contributed by atoms with Crippen LogP contribution in [0.2, 0.25) is 0 Å². The maximum atomic E-state index is 12.1. The molecule has 0 aliphatic rings. The van der Waals surface area contributed by atoms with E-state index in [9.17, 15) is 4.39 Å². The topological polar surface area (TPSA) is 234 Å². The molecule has 5 heterocycles. The average Bonchev–Trinajstić information content (AvgIpc) is 4.64. The Hall–Kier alpha value is -12.9. The third kappa shape index (κ3) is 22.4. The van der Waals surface area contributed by atoms with Gasteiger partial charge in [-0.2, -0.15) is 30.9 Å². The van der Waals surface area contributed by atoms with Gasteiger partial charge in [0.15, 0.2) is 28.4 Å². The van der Waals surface area contributed by atoms with Gasteiger partial charge in [-0.3, -0.25) is 5.10 Å². The summed E-state index contributed by atoms with van der Waals surface area (Å²) < 4.78 is 19.2. The predicted molar refractivity (Wildman–Crippen MR) is 329 cm³/mol. The van der Waals surface area contributed by atoms with Crippen molar-refractivity contribution in [3.05, 3.63) is 341 Å². The molecule has 1 N–H and O–H groups in total. The highest BCUT2D eigenvalue weighted by atomic mass is 79.9. The Morgan fingerprint density at radius 2 is 0.818 bits per heavy atom. The van der Waals surface area contributed by atoms with E-state index in [0.29, 0.717) is 52.7 Å². The zero-order valence-corrected chi connectivity index (χ0v) is 48.1. The smallest absolute Gasteiger partial charge is 0.187 e. The molecule has 12 rings (SSSR count). The summed E-state index contributed by atoms with van der Waals surface area (Å²) in [6.07, 6.45) is 15.8. The second kappa shape index (κ2) is 36.5. The first kappa shape index (κ1) is 64.3. The highest BCUT2D eigenvalue weighted by Crippen LogP contribution is 2.28. The van der Waals surface area contributed by atoms with Gasteiger partial charge in [0.2, 0.25) is 0 Å². The van der Waals surface area contributed by atoms with Crippen molar-refractivity contribution < 1.29 is 4.39 Å². The molecule has 1 unspecified atom stereocenters. The molecular formula is C64H48BrFN22. The number of halogens is 2. The van der Waals surface area contributed by atoms with Crippen molar-refractivity contribution in [2.45, 2.75) is 31.0 Å². The van der Waals surface area contributed by atoms with Gasteiger partial charge in [-0.05, 0) is 69.8 Å². The molecule has 22 nitrogen and oxygen atoms in total. The largest absolute Gasteiger partial charge is 0.316 e. The van der Waals surface area contributed by atoms with E-state index in [-0.39, 0.29) is 11.9 Å². The fourth-order valence-electron chi connectivity index (χ4n) is 7.22. The number of nitrogens with one attached hydrogen (secondary N) is 1. The van der Waals surface area contributed by atoms with Gasteiger partial charge in [-0.25, -0.2) is 62.6 Å². The molecule has 0 saturated heterocycles. The number of hydrogen-bond donors (Lipinski definition) is 1. The Balaban J connectivity index is 0.000000169. The van der Waals surface area contributed by atoms with Crippen molar-refractivity contribution >= 4 is 44.4 Å². The fourth-order valence-corrected chi connectivity index (χ4v) is 7.59. The van der Waals surface area contributed by atoms with Crippen LogP contribution in [0.25, 0.3) is 24.2 Å². The van der Waals surface area contributed by atoms with Crippen LogP contribution < -0.4 is 0 Å². The predicted octanol–water partition coefficient (Wildman–Crippen LogP) is 13.6. The van der Waals surface area contributed by atoms with E-state index in [0.717, 1.165) is 39.7 Å². The summed E-state index contributed by atoms with van der Waals surface area (Å²) in [4.78, 5) is 31.9. The lowest BCUT2D eigenvalue weighted by Gasteiger charge is -2.18. The lowest BCUT2D eigenvalue weighted by atomic mass is 9.98. The van der Waals surface area contributed by atoms with E-state index in [2.05, 4.69) is 102 Å². The van der Waals surface area contributed by atoms with Gasteiger partial charge in [0.05, 0.1) is 69.2 Å². The first-order valence-corrected chi connectivity index (χ1v) is 26.9. The molecule has 88 heavy (non-hydrogen) atoms. The van der Waals surface area contributed by atoms with Gasteiger partial charge in [0.25, 0.3) is 0 Å². The van der Waals surface area contributed by atoms with Gasteiger partial charge in [-0.1, -0.05) is 149 Å². The Kier molecular flexibility index (Phi) is 26.7. The number of rotatable bonds is 10. The lowest BCUT2D eigenvalue weighted by molar-refractivity contribution is 0.594. The lowest BCUT2D eigenvalue weighted by Crippen LogP contribution is -2.12. The molecule has 7 aromatic carbocycles. The van der Waals surface area contributed by atoms with Crippen molar-refractivity contribution in [3.8, 4) is 12.1 Å². The number of nitrogens with zero attached hydrogens (tertiary/aromatic N) is 21. The SMILES string of the molecule is N#Cc1ccc(F)cc1.[C-]#[N+]c1ccc(C(c2ccc(C#N)cc2)n2cncn2)cc1.[C-]#[N+]c1ccc(CBr)cc1.[C-]#[N+]c1ccc(Cn2cncn2)cc1.[C-]#[N+]c1ccc(Cn2cncn2)cc1.[C-]#[N+]c1ccc(Cn2cnnc2)cc1.c1nc[nH]n1. The number of nitriles is 2. The van der Waals surface area contributed by atoms with Crippen LogP contribution in [-0.4, -0.2) is 74.2 Å². The maximum Gasteiger partial charge on any atom is 0.187 e. The number of alkyl halides is 1. The van der Waals surface area contributed by atoms with Gasteiger partial charge in [-0.15, -0.1) is 10.2 Å². The number of aromatic nitrogens is 15. The van der Waals surface area contributed by atoms with E-state index >= 15 is 0 Å². The van der Waals surface area contributed by atoms with E-state index in [1.54, 1.807) is 94.2 Å².